The lowest BCUT2D eigenvalue weighted by molar-refractivity contribution is -0.133. The van der Waals surface area contributed by atoms with Crippen molar-refractivity contribution in [1.29, 1.82) is 0 Å². The maximum Gasteiger partial charge on any atom is 0.331 e. The van der Waals surface area contributed by atoms with Gasteiger partial charge in [0.05, 0.1) is 0 Å². The van der Waals surface area contributed by atoms with Gasteiger partial charge < -0.3 is 5.11 Å². The van der Waals surface area contributed by atoms with E-state index in [2.05, 4.69) is 0 Å². The Balaban J connectivity index is 4.24. The van der Waals surface area contributed by atoms with Crippen LogP contribution in [0, 0.1) is 5.41 Å². The van der Waals surface area contributed by atoms with Crippen molar-refractivity contribution in [3.63, 3.8) is 0 Å². The maximum absolute atomic E-state index is 10.5. The average molecular weight is 156 g/mol. The Bertz CT molecular complexity index is 172. The fourth-order valence-electron chi connectivity index (χ4n) is 0.873. The van der Waals surface area contributed by atoms with Gasteiger partial charge in [0.1, 0.15) is 0 Å². The number of carboxylic acid groups (broad SMARTS) is 1. The molecule has 0 bridgehead atoms. The molecular formula is C9H16O2. The highest BCUT2D eigenvalue weighted by Crippen LogP contribution is 2.23. The zero-order chi connectivity index (χ0) is 9.07. The summed E-state index contributed by atoms with van der Waals surface area (Å²) in [7, 11) is 0. The van der Waals surface area contributed by atoms with E-state index in [1.807, 2.05) is 20.8 Å². The Kier molecular flexibility index (Phi) is 3.30. The van der Waals surface area contributed by atoms with Crippen molar-refractivity contribution in [3.05, 3.63) is 11.6 Å². The Morgan fingerprint density at radius 1 is 1.45 bits per heavy atom. The summed E-state index contributed by atoms with van der Waals surface area (Å²) < 4.78 is 0. The maximum atomic E-state index is 10.5. The molecule has 0 amide bonds. The third-order valence-corrected chi connectivity index (χ3v) is 1.34. The minimum atomic E-state index is -0.803. The van der Waals surface area contributed by atoms with Crippen LogP contribution in [0.3, 0.4) is 0 Å². The van der Waals surface area contributed by atoms with Crippen molar-refractivity contribution in [2.75, 3.05) is 0 Å². The molecule has 0 rings (SSSR count). The largest absolute Gasteiger partial charge is 0.478 e. The van der Waals surface area contributed by atoms with Gasteiger partial charge in [-0.15, -0.1) is 0 Å². The van der Waals surface area contributed by atoms with Crippen LogP contribution < -0.4 is 0 Å². The summed E-state index contributed by atoms with van der Waals surface area (Å²) in [4.78, 5) is 10.5. The van der Waals surface area contributed by atoms with Gasteiger partial charge in [-0.2, -0.15) is 0 Å². The van der Waals surface area contributed by atoms with Gasteiger partial charge in [0, 0.05) is 5.57 Å². The standard InChI is InChI=1S/C9H16O2/c1-5-7(8(10)11)6-9(2,3)4/h5H,6H2,1-4H3,(H,10,11). The Labute approximate surface area is 67.9 Å². The second kappa shape index (κ2) is 3.56. The third-order valence-electron chi connectivity index (χ3n) is 1.34. The number of allylic oxidation sites excluding steroid dienone is 1. The van der Waals surface area contributed by atoms with E-state index < -0.39 is 5.97 Å². The minimum absolute atomic E-state index is 0.0558. The van der Waals surface area contributed by atoms with E-state index in [-0.39, 0.29) is 5.41 Å². The van der Waals surface area contributed by atoms with E-state index in [1.54, 1.807) is 13.0 Å². The van der Waals surface area contributed by atoms with Crippen LogP contribution >= 0.6 is 0 Å². The summed E-state index contributed by atoms with van der Waals surface area (Å²) in [5.41, 5.74) is 0.553. The van der Waals surface area contributed by atoms with E-state index in [0.717, 1.165) is 0 Å². The summed E-state index contributed by atoms with van der Waals surface area (Å²) in [6.07, 6.45) is 2.28. The third kappa shape index (κ3) is 4.59. The first-order valence-corrected chi connectivity index (χ1v) is 3.75. The topological polar surface area (TPSA) is 37.3 Å². The normalized spacial score (nSPS) is 13.3. The molecule has 0 atom stereocenters. The molecule has 0 aromatic carbocycles. The van der Waals surface area contributed by atoms with Crippen LogP contribution in [0.25, 0.3) is 0 Å². The summed E-state index contributed by atoms with van der Waals surface area (Å²) in [5, 5.41) is 8.67. The fraction of sp³-hybridized carbons (Fsp3) is 0.667. The molecule has 0 aliphatic rings. The Hall–Kier alpha value is -0.790. The molecule has 0 spiro atoms. The monoisotopic (exact) mass is 156 g/mol. The van der Waals surface area contributed by atoms with Gasteiger partial charge in [-0.25, -0.2) is 4.79 Å². The van der Waals surface area contributed by atoms with Crippen LogP contribution in [0.15, 0.2) is 11.6 Å². The number of carbonyl (C=O) groups is 1. The first-order chi connectivity index (χ1) is 4.87. The van der Waals surface area contributed by atoms with Crippen LogP contribution in [0.4, 0.5) is 0 Å². The van der Waals surface area contributed by atoms with Gasteiger partial charge in [0.2, 0.25) is 0 Å². The molecule has 0 radical (unpaired) electrons. The summed E-state index contributed by atoms with van der Waals surface area (Å²) >= 11 is 0. The first kappa shape index (κ1) is 10.2. The predicted molar refractivity (Wildman–Crippen MR) is 45.5 cm³/mol. The average Bonchev–Trinajstić information content (AvgIpc) is 1.80. The van der Waals surface area contributed by atoms with Crippen LogP contribution in [-0.2, 0) is 4.79 Å². The second-order valence-corrected chi connectivity index (χ2v) is 3.86. The minimum Gasteiger partial charge on any atom is -0.478 e. The lowest BCUT2D eigenvalue weighted by Gasteiger charge is -2.17. The highest BCUT2D eigenvalue weighted by molar-refractivity contribution is 5.86. The number of hydrogen-bond donors (Lipinski definition) is 1. The van der Waals surface area contributed by atoms with Crippen molar-refractivity contribution in [1.82, 2.24) is 0 Å². The highest BCUT2D eigenvalue weighted by atomic mass is 16.4. The van der Waals surface area contributed by atoms with Crippen molar-refractivity contribution >= 4 is 5.97 Å². The molecule has 0 aliphatic carbocycles. The number of carboxylic acids is 1. The smallest absolute Gasteiger partial charge is 0.331 e. The predicted octanol–water partition coefficient (Wildman–Crippen LogP) is 2.45. The van der Waals surface area contributed by atoms with E-state index in [9.17, 15) is 4.79 Å². The zero-order valence-electron chi connectivity index (χ0n) is 7.64. The van der Waals surface area contributed by atoms with Gasteiger partial charge in [0.15, 0.2) is 0 Å². The molecule has 0 aliphatic heterocycles. The van der Waals surface area contributed by atoms with Crippen molar-refractivity contribution < 1.29 is 9.90 Å². The number of hydrogen-bond acceptors (Lipinski definition) is 1. The molecule has 0 unspecified atom stereocenters. The van der Waals surface area contributed by atoms with Crippen LogP contribution in [0.1, 0.15) is 34.1 Å². The SMILES string of the molecule is CC=C(CC(C)(C)C)C(=O)O. The molecule has 0 aromatic heterocycles. The molecule has 0 fully saturated rings. The summed E-state index contributed by atoms with van der Waals surface area (Å²) in [6.45, 7) is 7.84. The van der Waals surface area contributed by atoms with Crippen LogP contribution in [-0.4, -0.2) is 11.1 Å². The zero-order valence-corrected chi connectivity index (χ0v) is 7.64. The molecule has 11 heavy (non-hydrogen) atoms. The van der Waals surface area contributed by atoms with Gasteiger partial charge in [-0.3, -0.25) is 0 Å². The van der Waals surface area contributed by atoms with Gasteiger partial charge in [0.25, 0.3) is 0 Å². The summed E-state index contributed by atoms with van der Waals surface area (Å²) in [6, 6.07) is 0. The molecule has 64 valence electrons. The van der Waals surface area contributed by atoms with Gasteiger partial charge in [-0.05, 0) is 18.8 Å². The molecule has 0 saturated heterocycles. The van der Waals surface area contributed by atoms with Crippen molar-refractivity contribution in [2.24, 2.45) is 5.41 Å². The van der Waals surface area contributed by atoms with Gasteiger partial charge in [-0.1, -0.05) is 26.8 Å². The van der Waals surface area contributed by atoms with E-state index in [0.29, 0.717) is 12.0 Å². The quantitative estimate of drug-likeness (QED) is 0.623. The van der Waals surface area contributed by atoms with E-state index in [1.165, 1.54) is 0 Å². The summed E-state index contributed by atoms with van der Waals surface area (Å²) in [5.74, 6) is -0.803. The molecule has 1 N–H and O–H groups in total. The number of aliphatic carboxylic acids is 1. The van der Waals surface area contributed by atoms with E-state index >= 15 is 0 Å². The molecular weight excluding hydrogens is 140 g/mol. The molecule has 2 nitrogen and oxygen atoms in total. The van der Waals surface area contributed by atoms with E-state index in [4.69, 9.17) is 5.11 Å². The molecule has 0 saturated carbocycles. The van der Waals surface area contributed by atoms with Gasteiger partial charge >= 0.3 is 5.97 Å². The molecule has 0 aromatic rings. The Morgan fingerprint density at radius 2 is 1.91 bits per heavy atom. The lowest BCUT2D eigenvalue weighted by Crippen LogP contribution is -2.11. The fourth-order valence-corrected chi connectivity index (χ4v) is 0.873. The molecule has 2 heteroatoms. The highest BCUT2D eigenvalue weighted by Gasteiger charge is 2.16. The second-order valence-electron chi connectivity index (χ2n) is 3.86. The number of rotatable bonds is 2. The Morgan fingerprint density at radius 3 is 2.00 bits per heavy atom. The lowest BCUT2D eigenvalue weighted by atomic mass is 9.88. The molecule has 0 heterocycles. The van der Waals surface area contributed by atoms with Crippen molar-refractivity contribution in [3.8, 4) is 0 Å². The van der Waals surface area contributed by atoms with Crippen LogP contribution in [0.2, 0.25) is 0 Å². The van der Waals surface area contributed by atoms with Crippen molar-refractivity contribution in [2.45, 2.75) is 34.1 Å². The first-order valence-electron chi connectivity index (χ1n) is 3.75. The van der Waals surface area contributed by atoms with Crippen LogP contribution in [0.5, 0.6) is 0 Å².